The summed E-state index contributed by atoms with van der Waals surface area (Å²) in [6.45, 7) is 0. The molecule has 6 heteroatoms. The summed E-state index contributed by atoms with van der Waals surface area (Å²) in [6.07, 6.45) is 2.24. The Labute approximate surface area is 111 Å². The van der Waals surface area contributed by atoms with Crippen LogP contribution in [0.1, 0.15) is 28.9 Å². The fourth-order valence-corrected chi connectivity index (χ4v) is 3.57. The molecular weight excluding hydrogens is 306 g/mol. The van der Waals surface area contributed by atoms with Gasteiger partial charge in [-0.1, -0.05) is 6.42 Å². The first-order valence-electron chi connectivity index (χ1n) is 5.36. The Bertz CT molecular complexity index is 446. The Hall–Kier alpha value is -0.880. The third-order valence-corrected chi connectivity index (χ3v) is 4.81. The minimum atomic E-state index is -0.821. The van der Waals surface area contributed by atoms with Gasteiger partial charge >= 0.3 is 5.97 Å². The van der Waals surface area contributed by atoms with Gasteiger partial charge in [0, 0.05) is 10.5 Å². The maximum atomic E-state index is 11.9. The van der Waals surface area contributed by atoms with Gasteiger partial charge in [0.25, 0.3) is 5.91 Å². The topological polar surface area (TPSA) is 66.4 Å². The molecule has 1 fully saturated rings. The molecule has 1 aromatic heterocycles. The molecule has 0 saturated heterocycles. The van der Waals surface area contributed by atoms with E-state index in [2.05, 4.69) is 21.2 Å². The van der Waals surface area contributed by atoms with Crippen molar-refractivity contribution in [3.05, 3.63) is 20.8 Å². The van der Waals surface area contributed by atoms with Crippen LogP contribution in [0.5, 0.6) is 0 Å². The highest BCUT2D eigenvalue weighted by Gasteiger charge is 2.34. The maximum Gasteiger partial charge on any atom is 0.308 e. The minimum absolute atomic E-state index is 0.190. The number of hydrogen-bond donors (Lipinski definition) is 2. The van der Waals surface area contributed by atoms with Gasteiger partial charge in [-0.15, -0.1) is 11.3 Å². The van der Waals surface area contributed by atoms with Crippen LogP contribution in [0.15, 0.2) is 15.9 Å². The van der Waals surface area contributed by atoms with Crippen molar-refractivity contribution >= 4 is 39.1 Å². The Morgan fingerprint density at radius 1 is 1.47 bits per heavy atom. The summed E-state index contributed by atoms with van der Waals surface area (Å²) in [5, 5.41) is 13.7. The van der Waals surface area contributed by atoms with Gasteiger partial charge in [-0.05, 0) is 40.2 Å². The minimum Gasteiger partial charge on any atom is -0.481 e. The van der Waals surface area contributed by atoms with Crippen molar-refractivity contribution in [2.45, 2.75) is 25.3 Å². The monoisotopic (exact) mass is 317 g/mol. The normalized spacial score (nSPS) is 23.6. The second kappa shape index (κ2) is 5.18. The van der Waals surface area contributed by atoms with E-state index in [1.165, 1.54) is 11.3 Å². The molecule has 0 spiro atoms. The average molecular weight is 318 g/mol. The van der Waals surface area contributed by atoms with Gasteiger partial charge in [-0.3, -0.25) is 9.59 Å². The maximum absolute atomic E-state index is 11.9. The highest BCUT2D eigenvalue weighted by molar-refractivity contribution is 9.10. The second-order valence-corrected chi connectivity index (χ2v) is 5.82. The standard InChI is InChI=1S/C11H12BrNO3S/c12-7-4-5-17-9(7)10(14)13-8-3-1-2-6(8)11(15)16/h4-6,8H,1-3H2,(H,13,14)(H,15,16). The molecule has 92 valence electrons. The molecule has 4 nitrogen and oxygen atoms in total. The van der Waals surface area contributed by atoms with Gasteiger partial charge < -0.3 is 10.4 Å². The van der Waals surface area contributed by atoms with Crippen LogP contribution >= 0.6 is 27.3 Å². The predicted molar refractivity (Wildman–Crippen MR) is 68.3 cm³/mol. The molecule has 0 radical (unpaired) electrons. The summed E-state index contributed by atoms with van der Waals surface area (Å²) >= 11 is 4.64. The molecule has 1 saturated carbocycles. The molecule has 1 aromatic rings. The van der Waals surface area contributed by atoms with E-state index < -0.39 is 11.9 Å². The van der Waals surface area contributed by atoms with Crippen molar-refractivity contribution in [2.75, 3.05) is 0 Å². The first-order chi connectivity index (χ1) is 8.09. The van der Waals surface area contributed by atoms with Crippen molar-refractivity contribution in [3.63, 3.8) is 0 Å². The van der Waals surface area contributed by atoms with Crippen molar-refractivity contribution < 1.29 is 14.7 Å². The van der Waals surface area contributed by atoms with E-state index in [4.69, 9.17) is 5.11 Å². The third-order valence-electron chi connectivity index (χ3n) is 2.97. The average Bonchev–Trinajstić information content (AvgIpc) is 2.86. The highest BCUT2D eigenvalue weighted by atomic mass is 79.9. The molecule has 0 aromatic carbocycles. The number of hydrogen-bond acceptors (Lipinski definition) is 3. The Balaban J connectivity index is 2.04. The van der Waals surface area contributed by atoms with E-state index >= 15 is 0 Å². The molecule has 1 heterocycles. The summed E-state index contributed by atoms with van der Waals surface area (Å²) in [5.41, 5.74) is 0. The first kappa shape index (κ1) is 12.6. The lowest BCUT2D eigenvalue weighted by molar-refractivity contribution is -0.142. The summed E-state index contributed by atoms with van der Waals surface area (Å²) in [6, 6.07) is 1.57. The van der Waals surface area contributed by atoms with Crippen LogP contribution in [-0.2, 0) is 4.79 Å². The molecule has 2 atom stereocenters. The van der Waals surface area contributed by atoms with Crippen molar-refractivity contribution in [1.29, 1.82) is 0 Å². The fourth-order valence-electron chi connectivity index (χ4n) is 2.12. The van der Waals surface area contributed by atoms with E-state index in [0.717, 1.165) is 17.3 Å². The van der Waals surface area contributed by atoms with Gasteiger partial charge in [0.15, 0.2) is 0 Å². The van der Waals surface area contributed by atoms with Crippen molar-refractivity contribution in [2.24, 2.45) is 5.92 Å². The number of amides is 1. The molecule has 17 heavy (non-hydrogen) atoms. The molecule has 1 aliphatic rings. The van der Waals surface area contributed by atoms with E-state index in [0.29, 0.717) is 11.3 Å². The molecule has 2 unspecified atom stereocenters. The molecule has 1 amide bonds. The zero-order valence-electron chi connectivity index (χ0n) is 8.98. The van der Waals surface area contributed by atoms with Gasteiger partial charge in [0.2, 0.25) is 0 Å². The van der Waals surface area contributed by atoms with Gasteiger partial charge in [-0.2, -0.15) is 0 Å². The van der Waals surface area contributed by atoms with Crippen LogP contribution in [0.3, 0.4) is 0 Å². The second-order valence-electron chi connectivity index (χ2n) is 4.05. The SMILES string of the molecule is O=C(NC1CCCC1C(=O)O)c1sccc1Br. The number of carbonyl (C=O) groups is 2. The fraction of sp³-hybridized carbons (Fsp3) is 0.455. The predicted octanol–water partition coefficient (Wildman–Crippen LogP) is 2.49. The summed E-state index contributed by atoms with van der Waals surface area (Å²) < 4.78 is 0.755. The van der Waals surface area contributed by atoms with Crippen LogP contribution in [0.4, 0.5) is 0 Å². The number of carbonyl (C=O) groups excluding carboxylic acids is 1. The lowest BCUT2D eigenvalue weighted by Gasteiger charge is -2.17. The van der Waals surface area contributed by atoms with Gasteiger partial charge in [0.05, 0.1) is 5.92 Å². The molecule has 0 aliphatic heterocycles. The Morgan fingerprint density at radius 2 is 2.24 bits per heavy atom. The quantitative estimate of drug-likeness (QED) is 0.900. The number of carboxylic acid groups (broad SMARTS) is 1. The lowest BCUT2D eigenvalue weighted by atomic mass is 10.0. The zero-order valence-corrected chi connectivity index (χ0v) is 11.4. The Kier molecular flexibility index (Phi) is 3.83. The number of rotatable bonds is 3. The number of nitrogens with one attached hydrogen (secondary N) is 1. The van der Waals surface area contributed by atoms with Crippen molar-refractivity contribution in [1.82, 2.24) is 5.32 Å². The van der Waals surface area contributed by atoms with Crippen molar-refractivity contribution in [3.8, 4) is 0 Å². The zero-order chi connectivity index (χ0) is 12.4. The number of carboxylic acids is 1. The summed E-state index contributed by atoms with van der Waals surface area (Å²) in [5.74, 6) is -1.46. The smallest absolute Gasteiger partial charge is 0.308 e. The lowest BCUT2D eigenvalue weighted by Crippen LogP contribution is -2.39. The molecular formula is C11H12BrNO3S. The molecule has 2 rings (SSSR count). The largest absolute Gasteiger partial charge is 0.481 e. The van der Waals surface area contributed by atoms with E-state index in [9.17, 15) is 9.59 Å². The molecule has 1 aliphatic carbocycles. The van der Waals surface area contributed by atoms with Crippen LogP contribution in [0, 0.1) is 5.92 Å². The molecule has 0 bridgehead atoms. The third kappa shape index (κ3) is 2.69. The summed E-state index contributed by atoms with van der Waals surface area (Å²) in [4.78, 5) is 23.5. The van der Waals surface area contributed by atoms with Crippen LogP contribution < -0.4 is 5.32 Å². The Morgan fingerprint density at radius 3 is 2.82 bits per heavy atom. The summed E-state index contributed by atoms with van der Waals surface area (Å²) in [7, 11) is 0. The highest BCUT2D eigenvalue weighted by Crippen LogP contribution is 2.28. The van der Waals surface area contributed by atoms with Gasteiger partial charge in [-0.25, -0.2) is 0 Å². The van der Waals surface area contributed by atoms with E-state index in [-0.39, 0.29) is 11.9 Å². The van der Waals surface area contributed by atoms with E-state index in [1.54, 1.807) is 0 Å². The first-order valence-corrected chi connectivity index (χ1v) is 7.03. The van der Waals surface area contributed by atoms with E-state index in [1.807, 2.05) is 11.4 Å². The molecule has 2 N–H and O–H groups in total. The van der Waals surface area contributed by atoms with Gasteiger partial charge in [0.1, 0.15) is 4.88 Å². The number of halogens is 1. The van der Waals surface area contributed by atoms with Crippen LogP contribution in [-0.4, -0.2) is 23.0 Å². The van der Waals surface area contributed by atoms with Crippen LogP contribution in [0.25, 0.3) is 0 Å². The number of thiophene rings is 1. The number of aliphatic carboxylic acids is 1. The van der Waals surface area contributed by atoms with Crippen LogP contribution in [0.2, 0.25) is 0 Å².